The van der Waals surface area contributed by atoms with Crippen LogP contribution in [0.15, 0.2) is 13.2 Å². The van der Waals surface area contributed by atoms with Gasteiger partial charge in [-0.05, 0) is 5.54 Å². The van der Waals surface area contributed by atoms with E-state index >= 15 is 0 Å². The Morgan fingerprint density at radius 1 is 1.18 bits per heavy atom. The third kappa shape index (κ3) is 3.24. The molecule has 1 aliphatic heterocycles. The fraction of sp³-hybridized carbons (Fsp3) is 0.800. The van der Waals surface area contributed by atoms with Crippen LogP contribution in [0, 0.1) is 0 Å². The van der Waals surface area contributed by atoms with Crippen LogP contribution >= 0.6 is 0 Å². The van der Waals surface area contributed by atoms with Crippen LogP contribution in [-0.4, -0.2) is 8.07 Å². The van der Waals surface area contributed by atoms with Crippen LogP contribution in [0.3, 0.4) is 0 Å². The fourth-order valence-electron chi connectivity index (χ4n) is 1.67. The second kappa shape index (κ2) is 4.76. The molecule has 0 aromatic rings. The van der Waals surface area contributed by atoms with Crippen molar-refractivity contribution in [3.05, 3.63) is 13.2 Å². The topological polar surface area (TPSA) is 0 Å². The largest absolute Gasteiger partial charge is 0.106 e. The summed E-state index contributed by atoms with van der Waals surface area (Å²) in [6, 6.07) is 1.58. The van der Waals surface area contributed by atoms with Crippen LogP contribution in [-0.2, 0) is 0 Å². The highest BCUT2D eigenvalue weighted by Gasteiger charge is 2.30. The Hall–Kier alpha value is -0.0431. The zero-order chi connectivity index (χ0) is 8.91. The maximum Gasteiger partial charge on any atom is 0.0502 e. The molecule has 1 heterocycles. The van der Waals surface area contributed by atoms with Gasteiger partial charge in [-0.3, -0.25) is 0 Å². The average molecular weight is 170 g/mol. The first kappa shape index (κ1) is 11.0. The predicted molar refractivity (Wildman–Crippen MR) is 56.8 cm³/mol. The highest BCUT2D eigenvalue weighted by molar-refractivity contribution is 6.78. The van der Waals surface area contributed by atoms with Gasteiger partial charge in [0, 0.05) is 0 Å². The summed E-state index contributed by atoms with van der Waals surface area (Å²) in [6.07, 6.45) is 4.53. The van der Waals surface area contributed by atoms with Crippen LogP contribution in [0.25, 0.3) is 0 Å². The Bertz CT molecular complexity index is 107. The summed E-state index contributed by atoms with van der Waals surface area (Å²) in [5, 5.41) is 0. The van der Waals surface area contributed by atoms with E-state index in [1.54, 1.807) is 6.04 Å². The molecule has 0 bridgehead atoms. The number of hydrogen-bond acceptors (Lipinski definition) is 0. The molecule has 0 aliphatic carbocycles. The van der Waals surface area contributed by atoms with E-state index in [2.05, 4.69) is 33.2 Å². The molecule has 1 atom stereocenters. The van der Waals surface area contributed by atoms with Crippen molar-refractivity contribution < 1.29 is 0 Å². The second-order valence-corrected chi connectivity index (χ2v) is 9.60. The molecule has 0 saturated carbocycles. The Balaban J connectivity index is 0.000000461. The summed E-state index contributed by atoms with van der Waals surface area (Å²) in [4.78, 5) is 0. The highest BCUT2D eigenvalue weighted by Crippen LogP contribution is 2.36. The molecule has 1 rings (SSSR count). The molecule has 1 unspecified atom stereocenters. The standard InChI is InChI=1S/C8H18Si.C2H4/c1-8-6-4-5-7-9(8,2)3;1-2/h8H,4-7H2,1-3H3;1-2H2. The third-order valence-corrected chi connectivity index (χ3v) is 7.64. The predicted octanol–water partition coefficient (Wildman–Crippen LogP) is 4.07. The molecule has 0 nitrogen and oxygen atoms in total. The van der Waals surface area contributed by atoms with Crippen molar-refractivity contribution in [3.8, 4) is 0 Å². The molecule has 1 heteroatoms. The molecule has 0 radical (unpaired) electrons. The van der Waals surface area contributed by atoms with Gasteiger partial charge in [0.15, 0.2) is 0 Å². The van der Waals surface area contributed by atoms with Gasteiger partial charge >= 0.3 is 0 Å². The van der Waals surface area contributed by atoms with Gasteiger partial charge in [0.25, 0.3) is 0 Å². The lowest BCUT2D eigenvalue weighted by Gasteiger charge is -2.34. The smallest absolute Gasteiger partial charge is 0.0502 e. The van der Waals surface area contributed by atoms with Gasteiger partial charge in [-0.1, -0.05) is 45.3 Å². The summed E-state index contributed by atoms with van der Waals surface area (Å²) < 4.78 is 0. The van der Waals surface area contributed by atoms with E-state index in [9.17, 15) is 0 Å². The van der Waals surface area contributed by atoms with Crippen molar-refractivity contribution in [2.75, 3.05) is 0 Å². The van der Waals surface area contributed by atoms with E-state index in [1.165, 1.54) is 19.3 Å². The van der Waals surface area contributed by atoms with E-state index in [4.69, 9.17) is 0 Å². The summed E-state index contributed by atoms with van der Waals surface area (Å²) in [5.74, 6) is 0. The first-order chi connectivity index (χ1) is 5.13. The monoisotopic (exact) mass is 170 g/mol. The second-order valence-electron chi connectivity index (χ2n) is 4.14. The SMILES string of the molecule is C=C.CC1CCCC[Si]1(C)C. The lowest BCUT2D eigenvalue weighted by Crippen LogP contribution is -2.33. The Morgan fingerprint density at radius 2 is 1.73 bits per heavy atom. The molecular weight excluding hydrogens is 148 g/mol. The molecule has 0 aromatic carbocycles. The van der Waals surface area contributed by atoms with E-state index in [-0.39, 0.29) is 0 Å². The molecule has 66 valence electrons. The zero-order valence-corrected chi connectivity index (χ0v) is 9.32. The van der Waals surface area contributed by atoms with Crippen LogP contribution in [0.5, 0.6) is 0 Å². The molecule has 0 aromatic heterocycles. The normalized spacial score (nSPS) is 28.5. The fourth-order valence-corrected chi connectivity index (χ4v) is 4.31. The Labute approximate surface area is 72.7 Å². The van der Waals surface area contributed by atoms with Gasteiger partial charge in [-0.2, -0.15) is 0 Å². The Kier molecular flexibility index (Phi) is 4.74. The van der Waals surface area contributed by atoms with Gasteiger partial charge < -0.3 is 0 Å². The summed E-state index contributed by atoms with van der Waals surface area (Å²) >= 11 is 0. The van der Waals surface area contributed by atoms with Crippen molar-refractivity contribution >= 4 is 8.07 Å². The van der Waals surface area contributed by atoms with Crippen molar-refractivity contribution in [2.45, 2.75) is 50.9 Å². The van der Waals surface area contributed by atoms with Crippen molar-refractivity contribution in [2.24, 2.45) is 0 Å². The summed E-state index contributed by atoms with van der Waals surface area (Å²) in [5.41, 5.74) is 1.09. The molecule has 1 fully saturated rings. The van der Waals surface area contributed by atoms with Crippen molar-refractivity contribution in [1.82, 2.24) is 0 Å². The molecule has 0 spiro atoms. The van der Waals surface area contributed by atoms with Gasteiger partial charge in [0.1, 0.15) is 0 Å². The first-order valence-corrected chi connectivity index (χ1v) is 7.91. The molecule has 1 saturated heterocycles. The maximum absolute atomic E-state index is 3.00. The quantitative estimate of drug-likeness (QED) is 0.380. The van der Waals surface area contributed by atoms with E-state index in [0.717, 1.165) is 5.54 Å². The molecule has 11 heavy (non-hydrogen) atoms. The molecule has 0 N–H and O–H groups in total. The van der Waals surface area contributed by atoms with E-state index < -0.39 is 8.07 Å². The molecule has 1 aliphatic rings. The van der Waals surface area contributed by atoms with E-state index in [0.29, 0.717) is 0 Å². The van der Waals surface area contributed by atoms with Gasteiger partial charge in [0.2, 0.25) is 0 Å². The van der Waals surface area contributed by atoms with E-state index in [1.807, 2.05) is 0 Å². The minimum absolute atomic E-state index is 0.694. The minimum Gasteiger partial charge on any atom is -0.106 e. The third-order valence-electron chi connectivity index (χ3n) is 3.04. The zero-order valence-electron chi connectivity index (χ0n) is 8.32. The van der Waals surface area contributed by atoms with Crippen molar-refractivity contribution in [1.29, 1.82) is 0 Å². The van der Waals surface area contributed by atoms with Gasteiger partial charge in [0.05, 0.1) is 8.07 Å². The summed E-state index contributed by atoms with van der Waals surface area (Å²) in [7, 11) is -0.694. The van der Waals surface area contributed by atoms with Gasteiger partial charge in [-0.25, -0.2) is 0 Å². The average Bonchev–Trinajstić information content (AvgIpc) is 2.00. The number of rotatable bonds is 0. The van der Waals surface area contributed by atoms with Crippen LogP contribution in [0.1, 0.15) is 26.2 Å². The maximum atomic E-state index is 3.00. The lowest BCUT2D eigenvalue weighted by atomic mass is 10.2. The minimum atomic E-state index is -0.694. The lowest BCUT2D eigenvalue weighted by molar-refractivity contribution is 0.635. The first-order valence-electron chi connectivity index (χ1n) is 4.63. The highest BCUT2D eigenvalue weighted by atomic mass is 28.3. The van der Waals surface area contributed by atoms with Crippen LogP contribution in [0.4, 0.5) is 0 Å². The number of hydrogen-bond donors (Lipinski definition) is 0. The van der Waals surface area contributed by atoms with Gasteiger partial charge in [-0.15, -0.1) is 13.2 Å². The van der Waals surface area contributed by atoms with Crippen LogP contribution in [0.2, 0.25) is 24.7 Å². The summed E-state index contributed by atoms with van der Waals surface area (Å²) in [6.45, 7) is 13.5. The van der Waals surface area contributed by atoms with Crippen molar-refractivity contribution in [3.63, 3.8) is 0 Å². The Morgan fingerprint density at radius 3 is 2.00 bits per heavy atom. The molecular formula is C10H22Si. The molecule has 0 amide bonds. The van der Waals surface area contributed by atoms with Crippen LogP contribution < -0.4 is 0 Å².